The zero-order valence-electron chi connectivity index (χ0n) is 43.2. The van der Waals surface area contributed by atoms with Gasteiger partial charge in [-0.1, -0.05) is 145 Å². The molecule has 0 unspecified atom stereocenters. The highest BCUT2D eigenvalue weighted by molar-refractivity contribution is 7.26. The normalized spacial score (nSPS) is 13.7. The van der Waals surface area contributed by atoms with Gasteiger partial charge in [0.2, 0.25) is 0 Å². The average molecular weight is 981 g/mol. The van der Waals surface area contributed by atoms with Crippen molar-refractivity contribution in [3.8, 4) is 22.5 Å². The first kappa shape index (κ1) is 43.1. The Morgan fingerprint density at radius 3 is 1.77 bits per heavy atom. The number of anilines is 6. The first-order valence-electron chi connectivity index (χ1n) is 26.5. The van der Waals surface area contributed by atoms with Crippen molar-refractivity contribution >= 4 is 132 Å². The smallest absolute Gasteiger partial charge is 0.252 e. The van der Waals surface area contributed by atoms with E-state index in [1.165, 1.54) is 142 Å². The van der Waals surface area contributed by atoms with Gasteiger partial charge in [0, 0.05) is 70.2 Å². The molecular weight excluding hydrogens is 928 g/mol. The van der Waals surface area contributed by atoms with E-state index >= 15 is 0 Å². The van der Waals surface area contributed by atoms with Crippen molar-refractivity contribution in [3.05, 3.63) is 211 Å². The predicted octanol–water partition coefficient (Wildman–Crippen LogP) is 17.2. The molecule has 75 heavy (non-hydrogen) atoms. The van der Waals surface area contributed by atoms with Crippen LogP contribution in [0.2, 0.25) is 0 Å². The van der Waals surface area contributed by atoms with Crippen LogP contribution >= 0.6 is 11.3 Å². The molecule has 3 aliphatic rings. The highest BCUT2D eigenvalue weighted by Gasteiger charge is 2.46. The number of thiophene rings is 1. The lowest BCUT2D eigenvalue weighted by atomic mass is 9.33. The first-order chi connectivity index (χ1) is 36.4. The first-order valence-corrected chi connectivity index (χ1v) is 27.4. The maximum Gasteiger partial charge on any atom is 0.252 e. The van der Waals surface area contributed by atoms with E-state index < -0.39 is 0 Å². The number of hydrogen-bond acceptors (Lipinski definition) is 3. The summed E-state index contributed by atoms with van der Waals surface area (Å²) in [6, 6.07) is 74.6. The summed E-state index contributed by atoms with van der Waals surface area (Å²) < 4.78 is 7.71. The molecule has 0 radical (unpaired) electrons. The molecule has 0 bridgehead atoms. The second kappa shape index (κ2) is 14.9. The van der Waals surface area contributed by atoms with Gasteiger partial charge in [-0.15, -0.1) is 11.3 Å². The molecule has 0 saturated heterocycles. The van der Waals surface area contributed by atoms with E-state index in [2.05, 4.69) is 262 Å². The van der Waals surface area contributed by atoms with Gasteiger partial charge in [-0.25, -0.2) is 0 Å². The Hall–Kier alpha value is -8.32. The topological polar surface area (TPSA) is 16.3 Å². The minimum Gasteiger partial charge on any atom is -0.311 e. The summed E-state index contributed by atoms with van der Waals surface area (Å²) in [4.78, 5) is 5.20. The molecule has 0 spiro atoms. The Morgan fingerprint density at radius 2 is 1.03 bits per heavy atom. The van der Waals surface area contributed by atoms with Crippen LogP contribution in [0.5, 0.6) is 0 Å². The Bertz CT molecular complexity index is 4580. The number of fused-ring (bicyclic) bond motifs is 15. The molecule has 0 saturated carbocycles. The van der Waals surface area contributed by atoms with Crippen molar-refractivity contribution in [1.82, 2.24) is 9.13 Å². The van der Waals surface area contributed by atoms with Gasteiger partial charge in [-0.3, -0.25) is 0 Å². The molecule has 13 aromatic rings. The van der Waals surface area contributed by atoms with Crippen LogP contribution in [0.1, 0.15) is 58.2 Å². The molecule has 0 aliphatic carbocycles. The third-order valence-corrected chi connectivity index (χ3v) is 18.1. The molecule has 0 amide bonds. The third kappa shape index (κ3) is 5.89. The molecule has 3 aromatic heterocycles. The Balaban J connectivity index is 0.968. The molecule has 4 nitrogen and oxygen atoms in total. The SMILES string of the molecule is Cc1cc2c3c(c1)N1c4c(cccc4-n4c5ccccc5c5cccc1c54)B3c1ccc(-n3c4ccc(C(C)(C)C)cc4c4cc(C(C)(C)C)ccc43)cc1N2c1ccc(-c2cccc3sc4ccccc4c23)cc1. The quantitative estimate of drug-likeness (QED) is 0.164. The second-order valence-electron chi connectivity index (χ2n) is 23.4. The van der Waals surface area contributed by atoms with E-state index in [-0.39, 0.29) is 17.5 Å². The van der Waals surface area contributed by atoms with E-state index in [1.54, 1.807) is 0 Å². The third-order valence-electron chi connectivity index (χ3n) is 16.9. The van der Waals surface area contributed by atoms with E-state index in [0.29, 0.717) is 0 Å². The monoisotopic (exact) mass is 980 g/mol. The molecule has 10 aromatic carbocycles. The van der Waals surface area contributed by atoms with Gasteiger partial charge >= 0.3 is 0 Å². The van der Waals surface area contributed by atoms with Crippen LogP contribution < -0.4 is 26.2 Å². The van der Waals surface area contributed by atoms with Crippen molar-refractivity contribution in [2.45, 2.75) is 59.3 Å². The van der Waals surface area contributed by atoms with Gasteiger partial charge < -0.3 is 18.9 Å². The van der Waals surface area contributed by atoms with Crippen LogP contribution in [0.4, 0.5) is 34.1 Å². The van der Waals surface area contributed by atoms with Crippen molar-refractivity contribution in [1.29, 1.82) is 0 Å². The van der Waals surface area contributed by atoms with Gasteiger partial charge in [0.05, 0.1) is 39.1 Å². The number of hydrogen-bond donors (Lipinski definition) is 0. The van der Waals surface area contributed by atoms with E-state index in [1.807, 2.05) is 11.3 Å². The Morgan fingerprint density at radius 1 is 0.413 bits per heavy atom. The van der Waals surface area contributed by atoms with Crippen molar-refractivity contribution < 1.29 is 0 Å². The number of rotatable bonds is 3. The van der Waals surface area contributed by atoms with Crippen LogP contribution in [-0.2, 0) is 10.8 Å². The Labute approximate surface area is 441 Å². The number of para-hydroxylation sites is 3. The minimum atomic E-state index is -0.0183. The lowest BCUT2D eigenvalue weighted by molar-refractivity contribution is 0.590. The Kier molecular flexibility index (Phi) is 8.58. The molecule has 3 aliphatic heterocycles. The van der Waals surface area contributed by atoms with Gasteiger partial charge in [0.15, 0.2) is 0 Å². The summed E-state index contributed by atoms with van der Waals surface area (Å²) >= 11 is 1.88. The van der Waals surface area contributed by atoms with E-state index in [9.17, 15) is 0 Å². The molecule has 358 valence electrons. The number of benzene rings is 10. The maximum atomic E-state index is 2.61. The number of aromatic nitrogens is 2. The second-order valence-corrected chi connectivity index (χ2v) is 24.5. The summed E-state index contributed by atoms with van der Waals surface area (Å²) in [5, 5.41) is 7.80. The van der Waals surface area contributed by atoms with Crippen LogP contribution in [0.25, 0.3) is 86.3 Å². The molecule has 0 fully saturated rings. The summed E-state index contributed by atoms with van der Waals surface area (Å²) in [5.41, 5.74) is 25.0. The fraction of sp³-hybridized carbons (Fsp3) is 0.130. The van der Waals surface area contributed by atoms with E-state index in [0.717, 1.165) is 11.4 Å². The number of aryl methyl sites for hydroxylation is 1. The summed E-state index contributed by atoms with van der Waals surface area (Å²) in [7, 11) is 0. The molecule has 6 heteroatoms. The van der Waals surface area contributed by atoms with Gasteiger partial charge in [-0.05, 0) is 153 Å². The highest BCUT2D eigenvalue weighted by atomic mass is 32.1. The minimum absolute atomic E-state index is 0.00917. The summed E-state index contributed by atoms with van der Waals surface area (Å²) in [5.74, 6) is 0. The van der Waals surface area contributed by atoms with Crippen LogP contribution in [0.15, 0.2) is 194 Å². The molecular formula is C69H53BN4S. The number of nitrogens with zero attached hydrogens (tertiary/aromatic N) is 4. The zero-order valence-corrected chi connectivity index (χ0v) is 44.1. The predicted molar refractivity (Wildman–Crippen MR) is 323 cm³/mol. The fourth-order valence-corrected chi connectivity index (χ4v) is 14.6. The lowest BCUT2D eigenvalue weighted by Crippen LogP contribution is -2.61. The zero-order chi connectivity index (χ0) is 50.4. The van der Waals surface area contributed by atoms with Crippen LogP contribution in [-0.4, -0.2) is 15.8 Å². The molecule has 6 heterocycles. The standard InChI is InChI=1S/C69H53BN4S/c1-40-35-60-65-61(36-40)74-57-21-12-18-48-47-15-8-10-20-54(47)73(66(48)57)58-22-14-19-53(67(58)74)70(65)52-32-31-45(72-55-33-27-42(68(2,3)4)37-50(55)51-38-43(69(5,6)7)28-34-56(51)72)39-59(52)71(60)44-29-25-41(26-30-44)46-17-13-24-63-64(46)49-16-9-11-23-62(49)75-63/h8-39H,1-7H3. The fourth-order valence-electron chi connectivity index (χ4n) is 13.5. The van der Waals surface area contributed by atoms with Crippen molar-refractivity contribution in [3.63, 3.8) is 0 Å². The summed E-state index contributed by atoms with van der Waals surface area (Å²) in [6.45, 7) is 16.2. The van der Waals surface area contributed by atoms with E-state index in [4.69, 9.17) is 0 Å². The lowest BCUT2D eigenvalue weighted by Gasteiger charge is -2.46. The average Bonchev–Trinajstić information content (AvgIpc) is 4.20. The maximum absolute atomic E-state index is 2.61. The highest BCUT2D eigenvalue weighted by Crippen LogP contribution is 2.53. The molecule has 0 atom stereocenters. The van der Waals surface area contributed by atoms with Crippen molar-refractivity contribution in [2.24, 2.45) is 0 Å². The summed E-state index contributed by atoms with van der Waals surface area (Å²) in [6.07, 6.45) is 0. The molecule has 16 rings (SSSR count). The molecule has 0 N–H and O–H groups in total. The van der Waals surface area contributed by atoms with Crippen LogP contribution in [0, 0.1) is 6.92 Å². The van der Waals surface area contributed by atoms with Crippen molar-refractivity contribution in [2.75, 3.05) is 9.80 Å². The van der Waals surface area contributed by atoms with Gasteiger partial charge in [-0.2, -0.15) is 0 Å². The largest absolute Gasteiger partial charge is 0.311 e. The van der Waals surface area contributed by atoms with Crippen LogP contribution in [0.3, 0.4) is 0 Å². The van der Waals surface area contributed by atoms with Gasteiger partial charge in [0.25, 0.3) is 6.71 Å². The van der Waals surface area contributed by atoms with Gasteiger partial charge in [0.1, 0.15) is 0 Å².